The molecule has 0 heterocycles. The Morgan fingerprint density at radius 3 is 2.11 bits per heavy atom. The first-order valence-corrected chi connectivity index (χ1v) is 8.38. The molecular formula is C13H28N2O2S. The van der Waals surface area contributed by atoms with Gasteiger partial charge in [-0.1, -0.05) is 13.3 Å². The van der Waals surface area contributed by atoms with Crippen LogP contribution in [0.1, 0.15) is 59.8 Å². The molecule has 1 fully saturated rings. The van der Waals surface area contributed by atoms with Gasteiger partial charge in [0.1, 0.15) is 0 Å². The van der Waals surface area contributed by atoms with Crippen molar-refractivity contribution in [2.45, 2.75) is 70.1 Å². The zero-order chi connectivity index (χ0) is 14.0. The van der Waals surface area contributed by atoms with Crippen LogP contribution in [-0.2, 0) is 10.0 Å². The highest BCUT2D eigenvalue weighted by Gasteiger charge is 2.40. The minimum atomic E-state index is -3.32. The Labute approximate surface area is 112 Å². The van der Waals surface area contributed by atoms with Crippen molar-refractivity contribution in [3.63, 3.8) is 0 Å². The van der Waals surface area contributed by atoms with Gasteiger partial charge in [0.25, 0.3) is 0 Å². The van der Waals surface area contributed by atoms with Crippen molar-refractivity contribution in [3.8, 4) is 0 Å². The molecule has 0 spiro atoms. The molecule has 1 aliphatic carbocycles. The number of hydrogen-bond donors (Lipinski definition) is 2. The smallest absolute Gasteiger partial charge is 0.217 e. The fraction of sp³-hybridized carbons (Fsp3) is 1.00. The summed E-state index contributed by atoms with van der Waals surface area (Å²) in [7, 11) is -3.32. The average Bonchev–Trinajstić information content (AvgIpc) is 2.28. The van der Waals surface area contributed by atoms with Crippen LogP contribution in [0.25, 0.3) is 0 Å². The number of sulfonamides is 1. The molecular weight excluding hydrogens is 248 g/mol. The maximum Gasteiger partial charge on any atom is 0.217 e. The van der Waals surface area contributed by atoms with E-state index >= 15 is 0 Å². The van der Waals surface area contributed by atoms with E-state index in [2.05, 4.69) is 11.6 Å². The summed E-state index contributed by atoms with van der Waals surface area (Å²) in [6, 6.07) is 0. The van der Waals surface area contributed by atoms with E-state index < -0.39 is 20.3 Å². The van der Waals surface area contributed by atoms with Crippen LogP contribution in [0.3, 0.4) is 0 Å². The quantitative estimate of drug-likeness (QED) is 0.825. The number of rotatable bonds is 4. The molecule has 1 aliphatic rings. The Hall–Kier alpha value is -0.130. The second-order valence-electron chi connectivity index (χ2n) is 6.55. The molecule has 0 unspecified atom stereocenters. The predicted molar refractivity (Wildman–Crippen MR) is 75.8 cm³/mol. The van der Waals surface area contributed by atoms with E-state index in [0.29, 0.717) is 6.54 Å². The Balaban J connectivity index is 2.80. The molecule has 0 amide bonds. The highest BCUT2D eigenvalue weighted by molar-refractivity contribution is 7.90. The van der Waals surface area contributed by atoms with Crippen LogP contribution >= 0.6 is 0 Å². The minimum Gasteiger partial charge on any atom is -0.329 e. The molecule has 0 aromatic carbocycles. The Morgan fingerprint density at radius 2 is 1.78 bits per heavy atom. The van der Waals surface area contributed by atoms with Gasteiger partial charge < -0.3 is 5.73 Å². The van der Waals surface area contributed by atoms with Crippen molar-refractivity contribution in [2.75, 3.05) is 6.54 Å². The standard InChI is InChI=1S/C13H28N2O2S/c1-5-11-6-8-13(10-14,9-7-11)15-18(16,17)12(2,3)4/h11,15H,5-10,14H2,1-4H3. The van der Waals surface area contributed by atoms with E-state index in [4.69, 9.17) is 5.73 Å². The molecule has 0 saturated heterocycles. The second-order valence-corrected chi connectivity index (χ2v) is 8.99. The van der Waals surface area contributed by atoms with Crippen molar-refractivity contribution < 1.29 is 8.42 Å². The lowest BCUT2D eigenvalue weighted by atomic mass is 9.76. The largest absolute Gasteiger partial charge is 0.329 e. The molecule has 0 bridgehead atoms. The lowest BCUT2D eigenvalue weighted by molar-refractivity contribution is 0.216. The van der Waals surface area contributed by atoms with Crippen molar-refractivity contribution >= 4 is 10.0 Å². The van der Waals surface area contributed by atoms with Gasteiger partial charge >= 0.3 is 0 Å². The molecule has 18 heavy (non-hydrogen) atoms. The molecule has 108 valence electrons. The van der Waals surface area contributed by atoms with Crippen LogP contribution < -0.4 is 10.5 Å². The number of hydrogen-bond acceptors (Lipinski definition) is 3. The van der Waals surface area contributed by atoms with Crippen LogP contribution in [0.15, 0.2) is 0 Å². The van der Waals surface area contributed by atoms with Gasteiger partial charge in [0.2, 0.25) is 10.0 Å². The lowest BCUT2D eigenvalue weighted by Crippen LogP contribution is -2.58. The van der Waals surface area contributed by atoms with Crippen LogP contribution in [0.4, 0.5) is 0 Å². The summed E-state index contributed by atoms with van der Waals surface area (Å²) >= 11 is 0. The zero-order valence-electron chi connectivity index (χ0n) is 12.1. The van der Waals surface area contributed by atoms with Crippen LogP contribution in [0.2, 0.25) is 0 Å². The van der Waals surface area contributed by atoms with E-state index in [1.165, 1.54) is 6.42 Å². The first kappa shape index (κ1) is 15.9. The fourth-order valence-electron chi connectivity index (χ4n) is 2.42. The van der Waals surface area contributed by atoms with Crippen LogP contribution in [-0.4, -0.2) is 25.2 Å². The summed E-state index contributed by atoms with van der Waals surface area (Å²) in [5.74, 6) is 0.726. The predicted octanol–water partition coefficient (Wildman–Crippen LogP) is 2.00. The summed E-state index contributed by atoms with van der Waals surface area (Å²) in [5, 5.41) is 0. The van der Waals surface area contributed by atoms with Gasteiger partial charge in [-0.2, -0.15) is 0 Å². The third-order valence-electron chi connectivity index (χ3n) is 4.19. The summed E-state index contributed by atoms with van der Waals surface area (Å²) in [5.41, 5.74) is 5.43. The van der Waals surface area contributed by atoms with Gasteiger partial charge in [0.05, 0.1) is 4.75 Å². The van der Waals surface area contributed by atoms with Gasteiger partial charge in [-0.3, -0.25) is 0 Å². The maximum absolute atomic E-state index is 12.3. The van der Waals surface area contributed by atoms with Crippen LogP contribution in [0.5, 0.6) is 0 Å². The van der Waals surface area contributed by atoms with Crippen molar-refractivity contribution in [1.29, 1.82) is 0 Å². The van der Waals surface area contributed by atoms with E-state index in [-0.39, 0.29) is 0 Å². The normalized spacial score (nSPS) is 30.4. The first-order valence-electron chi connectivity index (χ1n) is 6.89. The number of nitrogens with two attached hydrogens (primary N) is 1. The van der Waals surface area contributed by atoms with Gasteiger partial charge in [-0.15, -0.1) is 0 Å². The molecule has 4 nitrogen and oxygen atoms in total. The lowest BCUT2D eigenvalue weighted by Gasteiger charge is -2.41. The fourth-order valence-corrected chi connectivity index (χ4v) is 3.59. The summed E-state index contributed by atoms with van der Waals surface area (Å²) < 4.78 is 26.6. The van der Waals surface area contributed by atoms with E-state index in [0.717, 1.165) is 31.6 Å². The molecule has 5 heteroatoms. The maximum atomic E-state index is 12.3. The third kappa shape index (κ3) is 3.45. The average molecular weight is 276 g/mol. The van der Waals surface area contributed by atoms with Crippen LogP contribution in [0, 0.1) is 5.92 Å². The molecule has 0 atom stereocenters. The number of nitrogens with one attached hydrogen (secondary N) is 1. The molecule has 0 aromatic heterocycles. The highest BCUT2D eigenvalue weighted by Crippen LogP contribution is 2.34. The molecule has 0 aliphatic heterocycles. The first-order chi connectivity index (χ1) is 8.16. The van der Waals surface area contributed by atoms with Gasteiger partial charge in [-0.25, -0.2) is 13.1 Å². The summed E-state index contributed by atoms with van der Waals surface area (Å²) in [6.45, 7) is 7.74. The summed E-state index contributed by atoms with van der Waals surface area (Å²) in [4.78, 5) is 0. The van der Waals surface area contributed by atoms with Crippen molar-refractivity contribution in [2.24, 2.45) is 11.7 Å². The van der Waals surface area contributed by atoms with Crippen molar-refractivity contribution in [1.82, 2.24) is 4.72 Å². The van der Waals surface area contributed by atoms with E-state index in [9.17, 15) is 8.42 Å². The highest BCUT2D eigenvalue weighted by atomic mass is 32.2. The minimum absolute atomic E-state index is 0.388. The molecule has 0 radical (unpaired) electrons. The third-order valence-corrected chi connectivity index (χ3v) is 6.50. The van der Waals surface area contributed by atoms with E-state index in [1.807, 2.05) is 0 Å². The Bertz CT molecular complexity index is 363. The summed E-state index contributed by atoms with van der Waals surface area (Å²) in [6.07, 6.45) is 5.03. The SMILES string of the molecule is CCC1CCC(CN)(NS(=O)(=O)C(C)(C)C)CC1. The molecule has 1 saturated carbocycles. The molecule has 1 rings (SSSR count). The van der Waals surface area contributed by atoms with Crippen molar-refractivity contribution in [3.05, 3.63) is 0 Å². The van der Waals surface area contributed by atoms with Gasteiger partial charge in [-0.05, 0) is 52.4 Å². The molecule has 0 aromatic rings. The van der Waals surface area contributed by atoms with E-state index in [1.54, 1.807) is 20.8 Å². The Kier molecular flexibility index (Phi) is 4.84. The topological polar surface area (TPSA) is 72.2 Å². The zero-order valence-corrected chi connectivity index (χ0v) is 12.9. The Morgan fingerprint density at radius 1 is 1.28 bits per heavy atom. The second kappa shape index (κ2) is 5.47. The van der Waals surface area contributed by atoms with Gasteiger partial charge in [0, 0.05) is 12.1 Å². The van der Waals surface area contributed by atoms with Gasteiger partial charge in [0.15, 0.2) is 0 Å². The monoisotopic (exact) mass is 276 g/mol. The molecule has 3 N–H and O–H groups in total.